The summed E-state index contributed by atoms with van der Waals surface area (Å²) in [4.78, 5) is 95.0. The molecule has 2 fully saturated rings. The molecule has 60 heavy (non-hydrogen) atoms. The van der Waals surface area contributed by atoms with Crippen LogP contribution in [-0.2, 0) is 58.4 Å². The second kappa shape index (κ2) is 15.7. The molecule has 0 amide bonds. The molecule has 0 aliphatic carbocycles. The first kappa shape index (κ1) is 42.4. The molecule has 0 saturated carbocycles. The van der Waals surface area contributed by atoms with E-state index in [-0.39, 0.29) is 35.8 Å². The number of aromatic nitrogens is 4. The molecule has 3 aromatic rings. The van der Waals surface area contributed by atoms with Crippen LogP contribution in [0.25, 0.3) is 22.1 Å². The van der Waals surface area contributed by atoms with E-state index in [0.29, 0.717) is 33.5 Å². The summed E-state index contributed by atoms with van der Waals surface area (Å²) >= 11 is 0. The van der Waals surface area contributed by atoms with Gasteiger partial charge in [0, 0.05) is 62.6 Å². The number of nitrogens with zero attached hydrogens (tertiary/aromatic N) is 2. The summed E-state index contributed by atoms with van der Waals surface area (Å²) in [7, 11) is 0. The number of ketones is 2. The van der Waals surface area contributed by atoms with Crippen molar-refractivity contribution in [2.45, 2.75) is 142 Å². The van der Waals surface area contributed by atoms with Gasteiger partial charge in [-0.25, -0.2) is 9.97 Å². The maximum atomic E-state index is 14.9. The van der Waals surface area contributed by atoms with Crippen LogP contribution >= 0.6 is 0 Å². The van der Waals surface area contributed by atoms with E-state index in [4.69, 9.17) is 38.4 Å². The number of Topliss-reactive ketones (excluding diaryl/α,β-unsaturated/α-hetero) is 2. The molecule has 16 nitrogen and oxygen atoms in total. The molecule has 7 heterocycles. The molecule has 8 bridgehead atoms. The van der Waals surface area contributed by atoms with Gasteiger partial charge in [0.2, 0.25) is 0 Å². The number of aryl methyl sites for hydroxylation is 2. The van der Waals surface area contributed by atoms with E-state index in [1.54, 1.807) is 52.0 Å². The summed E-state index contributed by atoms with van der Waals surface area (Å²) in [5.41, 5.74) is 1.66. The third-order valence-corrected chi connectivity index (χ3v) is 12.0. The van der Waals surface area contributed by atoms with Crippen LogP contribution in [0.1, 0.15) is 112 Å². The second-order valence-corrected chi connectivity index (χ2v) is 16.6. The first-order chi connectivity index (χ1) is 28.2. The van der Waals surface area contributed by atoms with Crippen LogP contribution in [0.3, 0.4) is 0 Å². The molecule has 7 rings (SSSR count). The van der Waals surface area contributed by atoms with Crippen molar-refractivity contribution in [2.75, 3.05) is 0 Å². The van der Waals surface area contributed by atoms with Crippen LogP contribution in [0.15, 0.2) is 36.4 Å². The summed E-state index contributed by atoms with van der Waals surface area (Å²) in [6.07, 6.45) is -6.53. The van der Waals surface area contributed by atoms with E-state index >= 15 is 0 Å². The van der Waals surface area contributed by atoms with Gasteiger partial charge in [0.05, 0.1) is 23.6 Å². The van der Waals surface area contributed by atoms with E-state index in [9.17, 15) is 28.8 Å². The minimum absolute atomic E-state index is 0.100. The Balaban J connectivity index is 1.41. The minimum Gasteiger partial charge on any atom is -0.460 e. The monoisotopic (exact) mass is 826 g/mol. The Morgan fingerprint density at radius 2 is 0.950 bits per heavy atom. The normalized spacial score (nSPS) is 30.4. The molecule has 0 spiro atoms. The lowest BCUT2D eigenvalue weighted by Gasteiger charge is -2.44. The molecule has 0 unspecified atom stereocenters. The molecule has 3 aromatic heterocycles. The minimum atomic E-state index is -1.48. The first-order valence-corrected chi connectivity index (χ1v) is 20.0. The quantitative estimate of drug-likeness (QED) is 0.239. The third kappa shape index (κ3) is 7.62. The van der Waals surface area contributed by atoms with Gasteiger partial charge < -0.3 is 38.4 Å². The van der Waals surface area contributed by atoms with E-state index < -0.39 is 83.5 Å². The number of hydrogen-bond acceptors (Lipinski definition) is 14. The third-order valence-electron chi connectivity index (χ3n) is 12.0. The van der Waals surface area contributed by atoms with Gasteiger partial charge in [-0.1, -0.05) is 0 Å². The molecule has 318 valence electrons. The Bertz CT molecular complexity index is 2470. The van der Waals surface area contributed by atoms with E-state index in [2.05, 4.69) is 9.97 Å². The summed E-state index contributed by atoms with van der Waals surface area (Å²) in [5, 5.41) is 0. The van der Waals surface area contributed by atoms with Gasteiger partial charge in [0.25, 0.3) is 0 Å². The van der Waals surface area contributed by atoms with Crippen molar-refractivity contribution >= 4 is 57.5 Å². The molecule has 4 aliphatic heterocycles. The Labute approximate surface area is 346 Å². The predicted octanol–water partition coefficient (Wildman–Crippen LogP) is 5.29. The number of rotatable bonds is 6. The lowest BCUT2D eigenvalue weighted by atomic mass is 9.73. The molecule has 0 aromatic carbocycles. The number of carbonyl (C=O) groups is 6. The van der Waals surface area contributed by atoms with Gasteiger partial charge in [-0.05, 0) is 89.1 Å². The zero-order chi connectivity index (χ0) is 43.6. The van der Waals surface area contributed by atoms with Crippen molar-refractivity contribution in [1.29, 1.82) is 0 Å². The van der Waals surface area contributed by atoms with Gasteiger partial charge >= 0.3 is 23.9 Å². The van der Waals surface area contributed by atoms with Crippen LogP contribution < -0.4 is 0 Å². The topological polar surface area (TPSA) is 215 Å². The second-order valence-electron chi connectivity index (χ2n) is 16.6. The number of aromatic amines is 2. The lowest BCUT2D eigenvalue weighted by Crippen LogP contribution is -2.58. The lowest BCUT2D eigenvalue weighted by molar-refractivity contribution is -0.208. The van der Waals surface area contributed by atoms with Crippen LogP contribution in [0.4, 0.5) is 0 Å². The Morgan fingerprint density at radius 1 is 0.583 bits per heavy atom. The summed E-state index contributed by atoms with van der Waals surface area (Å²) in [6.45, 7) is 15.7. The van der Waals surface area contributed by atoms with Gasteiger partial charge in [0.1, 0.15) is 58.8 Å². The number of hydrogen-bond donors (Lipinski definition) is 2. The number of carbonyl (C=O) groups excluding carboxylic acids is 6. The van der Waals surface area contributed by atoms with Gasteiger partial charge in [-0.3, -0.25) is 28.8 Å². The molecule has 0 radical (unpaired) electrons. The highest BCUT2D eigenvalue weighted by Crippen LogP contribution is 2.45. The van der Waals surface area contributed by atoms with E-state index in [0.717, 1.165) is 11.1 Å². The SMILES string of the molecule is CC(=O)O[C@@H]1C[C@@H](OC(C)=O)[C@@H](C)O[C@H]1[C@@]1(C)C(=O)c2cc3cc(C)c(cc4nc(cc5[nH]c(cc1n2)cc5C)C(=O)[C@]4(C)[C@@H]1O[C@H](C)[C@H](OC(C)=O)C[C@H]1OC(C)=O)[nH]3. The van der Waals surface area contributed by atoms with Crippen molar-refractivity contribution in [3.8, 4) is 0 Å². The number of fused-ring (bicyclic) bond motifs is 8. The predicted molar refractivity (Wildman–Crippen MR) is 214 cm³/mol. The molecular formula is C44H50N4O12. The van der Waals surface area contributed by atoms with Crippen LogP contribution in [0, 0.1) is 13.8 Å². The van der Waals surface area contributed by atoms with E-state index in [1.165, 1.54) is 27.7 Å². The van der Waals surface area contributed by atoms with Crippen molar-refractivity contribution in [3.63, 3.8) is 0 Å². The largest absolute Gasteiger partial charge is 0.460 e. The highest BCUT2D eigenvalue weighted by atomic mass is 16.6. The van der Waals surface area contributed by atoms with Crippen LogP contribution in [0.2, 0.25) is 0 Å². The summed E-state index contributed by atoms with van der Waals surface area (Å²) in [6, 6.07) is 10.4. The Kier molecular flexibility index (Phi) is 11.1. The smallest absolute Gasteiger partial charge is 0.302 e. The Hall–Kier alpha value is -5.74. The Morgan fingerprint density at radius 3 is 1.38 bits per heavy atom. The van der Waals surface area contributed by atoms with Crippen molar-refractivity contribution in [2.24, 2.45) is 0 Å². The maximum Gasteiger partial charge on any atom is 0.302 e. The fourth-order valence-corrected chi connectivity index (χ4v) is 8.97. The van der Waals surface area contributed by atoms with Crippen molar-refractivity contribution in [1.82, 2.24) is 19.9 Å². The molecule has 4 aliphatic rings. The van der Waals surface area contributed by atoms with Crippen LogP contribution in [-0.4, -0.2) is 104 Å². The molecular weight excluding hydrogens is 777 g/mol. The van der Waals surface area contributed by atoms with Crippen LogP contribution in [0.5, 0.6) is 0 Å². The highest BCUT2D eigenvalue weighted by molar-refractivity contribution is 6.07. The number of H-pyrrole nitrogens is 2. The van der Waals surface area contributed by atoms with Crippen molar-refractivity contribution < 1.29 is 57.2 Å². The first-order valence-electron chi connectivity index (χ1n) is 20.0. The van der Waals surface area contributed by atoms with Gasteiger partial charge in [-0.2, -0.15) is 0 Å². The standard InChI is InChI=1S/C44H50N4O12/c1-19-12-28-14-37-43(9,41-35(59-25(7)51)17-33(21(3)55-41)57-23(5)49)39(53)31(47-37)13-27-11-20(2)30(45-27)16-38-44(10,40(54)32(48-38)15-29(19)46-28)42-36(60-26(8)52)18-34(22(4)56-42)58-24(6)50/h11-16,21-22,33-36,41-42,45-46H,17-18H2,1-10H3/t21-,22-,33-,34-,35-,36-,41-,42-,43-,44-/m1/s1. The van der Waals surface area contributed by atoms with Crippen molar-refractivity contribution in [3.05, 3.63) is 70.3 Å². The zero-order valence-electron chi connectivity index (χ0n) is 35.3. The number of ether oxygens (including phenoxy) is 6. The maximum absolute atomic E-state index is 14.9. The van der Waals surface area contributed by atoms with Gasteiger partial charge in [-0.15, -0.1) is 0 Å². The molecule has 10 atom stereocenters. The average molecular weight is 827 g/mol. The molecule has 16 heteroatoms. The fraction of sp³-hybridized carbons (Fsp3) is 0.500. The number of nitrogens with one attached hydrogen (secondary N) is 2. The highest BCUT2D eigenvalue weighted by Gasteiger charge is 2.58. The van der Waals surface area contributed by atoms with E-state index in [1.807, 2.05) is 26.0 Å². The summed E-state index contributed by atoms with van der Waals surface area (Å²) in [5.74, 6) is -2.97. The number of esters is 4. The molecule has 2 N–H and O–H groups in total. The van der Waals surface area contributed by atoms with Gasteiger partial charge in [0.15, 0.2) is 11.6 Å². The average Bonchev–Trinajstić information content (AvgIpc) is 3.82. The zero-order valence-corrected chi connectivity index (χ0v) is 35.3. The summed E-state index contributed by atoms with van der Waals surface area (Å²) < 4.78 is 35.5. The molecule has 2 saturated heterocycles. The fourth-order valence-electron chi connectivity index (χ4n) is 8.97.